The van der Waals surface area contributed by atoms with Crippen LogP contribution in [0.3, 0.4) is 0 Å². The van der Waals surface area contributed by atoms with Gasteiger partial charge in [-0.1, -0.05) is 37.5 Å². The summed E-state index contributed by atoms with van der Waals surface area (Å²) in [5, 5.41) is 0. The molecule has 0 saturated carbocycles. The molecule has 0 aromatic rings. The molecule has 10 heteroatoms. The molecule has 0 aromatic carbocycles. The number of likely N-dealkylation sites (N-methyl/N-ethyl adjacent to an activating group) is 1. The highest BCUT2D eigenvalue weighted by atomic mass is 31.2. The number of nitrogens with zero attached hydrogens (tertiary/aromatic N) is 1. The lowest BCUT2D eigenvalue weighted by molar-refractivity contribution is -0.870. The number of esters is 2. The van der Waals surface area contributed by atoms with Crippen molar-refractivity contribution in [3.8, 4) is 47.4 Å². The van der Waals surface area contributed by atoms with Gasteiger partial charge in [0, 0.05) is 25.7 Å². The second-order valence-corrected chi connectivity index (χ2v) is 9.77. The number of ether oxygens (including phenoxy) is 2. The minimum Gasteiger partial charge on any atom is -0.462 e. The quantitative estimate of drug-likeness (QED) is 0.161. The number of phosphoric ester groups is 1. The molecule has 36 heavy (non-hydrogen) atoms. The van der Waals surface area contributed by atoms with E-state index in [1.807, 2.05) is 35.0 Å². The Morgan fingerprint density at radius 1 is 0.833 bits per heavy atom. The third-order valence-corrected chi connectivity index (χ3v) is 4.89. The molecular formula is C26H37NO8P+. The maximum Gasteiger partial charge on any atom is 0.472 e. The lowest BCUT2D eigenvalue weighted by atomic mass is 10.3. The van der Waals surface area contributed by atoms with Crippen molar-refractivity contribution in [2.24, 2.45) is 0 Å². The second-order valence-electron chi connectivity index (χ2n) is 8.32. The van der Waals surface area contributed by atoms with E-state index in [2.05, 4.69) is 47.4 Å². The van der Waals surface area contributed by atoms with Crippen molar-refractivity contribution in [1.82, 2.24) is 0 Å². The molecule has 0 amide bonds. The van der Waals surface area contributed by atoms with Gasteiger partial charge in [-0.3, -0.25) is 18.6 Å². The maximum atomic E-state index is 12.2. The molecule has 0 fully saturated rings. The van der Waals surface area contributed by atoms with E-state index >= 15 is 0 Å². The summed E-state index contributed by atoms with van der Waals surface area (Å²) < 4.78 is 33.0. The van der Waals surface area contributed by atoms with Crippen molar-refractivity contribution >= 4 is 19.8 Å². The third-order valence-electron chi connectivity index (χ3n) is 3.91. The Bertz CT molecular complexity index is 986. The van der Waals surface area contributed by atoms with Crippen LogP contribution in [-0.4, -0.2) is 74.9 Å². The van der Waals surface area contributed by atoms with Gasteiger partial charge in [0.25, 0.3) is 0 Å². The molecule has 0 aliphatic rings. The van der Waals surface area contributed by atoms with Crippen molar-refractivity contribution in [1.29, 1.82) is 0 Å². The van der Waals surface area contributed by atoms with Gasteiger partial charge in [-0.05, 0) is 23.7 Å². The highest BCUT2D eigenvalue weighted by Gasteiger charge is 2.26. The zero-order valence-corrected chi connectivity index (χ0v) is 22.7. The summed E-state index contributed by atoms with van der Waals surface area (Å²) in [5.41, 5.74) is 0. The molecule has 0 radical (unpaired) electrons. The number of carbonyl (C=O) groups excluding carboxylic acids is 2. The van der Waals surface area contributed by atoms with E-state index in [1.54, 1.807) is 0 Å². The average Bonchev–Trinajstić information content (AvgIpc) is 2.79. The Kier molecular flexibility index (Phi) is 18.0. The molecule has 9 nitrogen and oxygen atoms in total. The standard InChI is InChI=1S/C26H36NO8P/c1-6-8-10-12-14-16-18-25(28)32-22-24(35-26(29)19-17-15-13-11-9-7-2)23-34-36(30,31)33-21-20-27(3,4)5/h24H,6-7,16-23H2,1-5H3/p+1/t24-/m1/s1. The molecule has 0 bridgehead atoms. The molecule has 2 atom stereocenters. The first kappa shape index (κ1) is 33.2. The fourth-order valence-corrected chi connectivity index (χ4v) is 2.81. The largest absolute Gasteiger partial charge is 0.472 e. The predicted molar refractivity (Wildman–Crippen MR) is 136 cm³/mol. The fraction of sp³-hybridized carbons (Fsp3) is 0.615. The van der Waals surface area contributed by atoms with Crippen LogP contribution in [0.4, 0.5) is 0 Å². The van der Waals surface area contributed by atoms with E-state index < -0.39 is 32.5 Å². The molecule has 1 unspecified atom stereocenters. The first-order valence-electron chi connectivity index (χ1n) is 11.7. The highest BCUT2D eigenvalue weighted by molar-refractivity contribution is 7.47. The van der Waals surface area contributed by atoms with Crippen LogP contribution >= 0.6 is 7.82 Å². The van der Waals surface area contributed by atoms with E-state index in [-0.39, 0.29) is 38.9 Å². The number of carbonyl (C=O) groups is 2. The van der Waals surface area contributed by atoms with Crippen LogP contribution in [0.15, 0.2) is 0 Å². The van der Waals surface area contributed by atoms with Crippen LogP contribution in [-0.2, 0) is 32.7 Å². The molecule has 0 rings (SSSR count). The number of hydrogen-bond donors (Lipinski definition) is 1. The zero-order valence-electron chi connectivity index (χ0n) is 21.8. The van der Waals surface area contributed by atoms with Gasteiger partial charge in [-0.15, -0.1) is 0 Å². The van der Waals surface area contributed by atoms with Crippen LogP contribution in [0, 0.1) is 47.4 Å². The van der Waals surface area contributed by atoms with E-state index in [4.69, 9.17) is 18.5 Å². The maximum absolute atomic E-state index is 12.2. The Morgan fingerprint density at radius 3 is 1.89 bits per heavy atom. The van der Waals surface area contributed by atoms with Gasteiger partial charge in [-0.2, -0.15) is 0 Å². The lowest BCUT2D eigenvalue weighted by Crippen LogP contribution is -2.37. The van der Waals surface area contributed by atoms with Crippen LogP contribution in [0.1, 0.15) is 52.4 Å². The molecule has 1 N–H and O–H groups in total. The number of rotatable bonds is 14. The smallest absolute Gasteiger partial charge is 0.462 e. The van der Waals surface area contributed by atoms with Gasteiger partial charge in [0.05, 0.1) is 40.6 Å². The summed E-state index contributed by atoms with van der Waals surface area (Å²) in [6.07, 6.45) is 0.725. The molecule has 0 aliphatic heterocycles. The minimum absolute atomic E-state index is 0.0139. The lowest BCUT2D eigenvalue weighted by Gasteiger charge is -2.24. The van der Waals surface area contributed by atoms with Crippen molar-refractivity contribution in [2.75, 3.05) is 47.5 Å². The highest BCUT2D eigenvalue weighted by Crippen LogP contribution is 2.43. The van der Waals surface area contributed by atoms with E-state index in [1.165, 1.54) is 0 Å². The van der Waals surface area contributed by atoms with Gasteiger partial charge < -0.3 is 18.9 Å². The molecule has 0 spiro atoms. The van der Waals surface area contributed by atoms with Crippen molar-refractivity contribution < 1.29 is 42.1 Å². The molecule has 0 heterocycles. The molecular weight excluding hydrogens is 485 g/mol. The molecule has 0 saturated heterocycles. The minimum atomic E-state index is -4.40. The third kappa shape index (κ3) is 21.8. The van der Waals surface area contributed by atoms with Gasteiger partial charge >= 0.3 is 19.8 Å². The Labute approximate surface area is 215 Å². The Morgan fingerprint density at radius 2 is 1.36 bits per heavy atom. The summed E-state index contributed by atoms with van der Waals surface area (Å²) in [4.78, 5) is 34.1. The second kappa shape index (κ2) is 19.4. The average molecular weight is 523 g/mol. The summed E-state index contributed by atoms with van der Waals surface area (Å²) >= 11 is 0. The van der Waals surface area contributed by atoms with Crippen molar-refractivity contribution in [2.45, 2.75) is 58.5 Å². The topological polar surface area (TPSA) is 108 Å². The van der Waals surface area contributed by atoms with Gasteiger partial charge in [0.2, 0.25) is 0 Å². The fourth-order valence-electron chi connectivity index (χ4n) is 2.07. The van der Waals surface area contributed by atoms with Crippen LogP contribution in [0.5, 0.6) is 0 Å². The Hall–Kier alpha value is -2.75. The van der Waals surface area contributed by atoms with Crippen molar-refractivity contribution in [3.63, 3.8) is 0 Å². The van der Waals surface area contributed by atoms with Crippen LogP contribution in [0.25, 0.3) is 0 Å². The number of phosphoric acid groups is 1. The van der Waals surface area contributed by atoms with E-state index in [0.29, 0.717) is 23.9 Å². The SMILES string of the molecule is CCC#CC#CCCC(=O)OC[C@H](COP(=O)(O)OCC[N+](C)(C)C)OC(=O)CCC#CC#CCC. The first-order chi connectivity index (χ1) is 17.0. The Balaban J connectivity index is 4.88. The molecule has 0 aliphatic carbocycles. The van der Waals surface area contributed by atoms with E-state index in [9.17, 15) is 19.0 Å². The van der Waals surface area contributed by atoms with Crippen molar-refractivity contribution in [3.05, 3.63) is 0 Å². The summed E-state index contributed by atoms with van der Waals surface area (Å²) in [6, 6.07) is 0. The monoisotopic (exact) mass is 522 g/mol. The zero-order chi connectivity index (χ0) is 27.3. The number of quaternary nitrogens is 1. The van der Waals surface area contributed by atoms with E-state index in [0.717, 1.165) is 0 Å². The van der Waals surface area contributed by atoms with Gasteiger partial charge in [-0.25, -0.2) is 4.57 Å². The summed E-state index contributed by atoms with van der Waals surface area (Å²) in [5.74, 6) is 20.4. The first-order valence-corrected chi connectivity index (χ1v) is 13.2. The molecule has 0 aromatic heterocycles. The van der Waals surface area contributed by atoms with Gasteiger partial charge in [0.1, 0.15) is 19.8 Å². The predicted octanol–water partition coefficient (Wildman–Crippen LogP) is 2.68. The van der Waals surface area contributed by atoms with Crippen LogP contribution in [0.2, 0.25) is 0 Å². The van der Waals surface area contributed by atoms with Crippen LogP contribution < -0.4 is 0 Å². The van der Waals surface area contributed by atoms with Gasteiger partial charge in [0.15, 0.2) is 6.10 Å². The normalized spacial score (nSPS) is 12.5. The molecule has 198 valence electrons. The summed E-state index contributed by atoms with van der Waals surface area (Å²) in [6.45, 7) is 3.40. The summed E-state index contributed by atoms with van der Waals surface area (Å²) in [7, 11) is 1.31. The number of hydrogen-bond acceptors (Lipinski definition) is 7.